The Hall–Kier alpha value is -3.49. The number of anilines is 1. The van der Waals surface area contributed by atoms with Gasteiger partial charge in [-0.2, -0.15) is 0 Å². The zero-order chi connectivity index (χ0) is 29.8. The number of benzene rings is 3. The summed E-state index contributed by atoms with van der Waals surface area (Å²) in [5, 5.41) is 10.3. The molecule has 216 valence electrons. The van der Waals surface area contributed by atoms with Crippen molar-refractivity contribution in [3.05, 3.63) is 80.4 Å². The van der Waals surface area contributed by atoms with Crippen molar-refractivity contribution in [3.63, 3.8) is 0 Å². The Labute approximate surface area is 242 Å². The zero-order valence-corrected chi connectivity index (χ0v) is 24.4. The number of aryl methyl sites for hydroxylation is 1. The van der Waals surface area contributed by atoms with Gasteiger partial charge in [-0.05, 0) is 112 Å². The van der Waals surface area contributed by atoms with Crippen molar-refractivity contribution in [2.45, 2.75) is 65.6 Å². The van der Waals surface area contributed by atoms with Gasteiger partial charge in [-0.3, -0.25) is 4.79 Å². The molecule has 1 atom stereocenters. The monoisotopic (exact) mass is 583 g/mol. The minimum absolute atomic E-state index is 0.0846. The van der Waals surface area contributed by atoms with Gasteiger partial charge in [0.05, 0.1) is 17.2 Å². The topological polar surface area (TPSA) is 76.1 Å². The molecule has 6 nitrogen and oxygen atoms in total. The third-order valence-corrected chi connectivity index (χ3v) is 7.92. The first-order valence-electron chi connectivity index (χ1n) is 13.6. The summed E-state index contributed by atoms with van der Waals surface area (Å²) in [4.78, 5) is 27.8. The van der Waals surface area contributed by atoms with E-state index in [2.05, 4.69) is 0 Å². The van der Waals surface area contributed by atoms with Crippen LogP contribution in [0.15, 0.2) is 30.3 Å². The van der Waals surface area contributed by atoms with Gasteiger partial charge in [0.2, 0.25) is 0 Å². The van der Waals surface area contributed by atoms with Crippen LogP contribution < -0.4 is 9.64 Å². The molecule has 0 saturated heterocycles. The molecule has 0 radical (unpaired) electrons. The molecular weight excluding hydrogens is 552 g/mol. The first kappa shape index (κ1) is 29.0. The molecule has 5 rings (SSSR count). The lowest BCUT2D eigenvalue weighted by molar-refractivity contribution is -0.160. The van der Waals surface area contributed by atoms with Gasteiger partial charge in [0, 0.05) is 28.9 Å². The van der Waals surface area contributed by atoms with Gasteiger partial charge >= 0.3 is 5.97 Å². The standard InChI is InChI=1S/C32H32ClF2NO5/c1-16-13-25-20(10-11-36(25)30(37)18-8-9-22(33)23(34)14-18)27(26(16)29(31(38)39)41-32(3,4)5)21-15-24(35)28-19(17(21)2)7-6-12-40-28/h8-9,13-15,29H,6-7,10-12H2,1-5H3,(H,38,39)/t29-/m0/s1. The van der Waals surface area contributed by atoms with Crippen LogP contribution in [0.25, 0.3) is 11.1 Å². The fraction of sp³-hybridized carbons (Fsp3) is 0.375. The van der Waals surface area contributed by atoms with Gasteiger partial charge in [0.1, 0.15) is 5.82 Å². The molecule has 0 aliphatic carbocycles. The average Bonchev–Trinajstić information content (AvgIpc) is 3.32. The van der Waals surface area contributed by atoms with E-state index in [0.29, 0.717) is 53.0 Å². The van der Waals surface area contributed by atoms with Crippen LogP contribution >= 0.6 is 11.6 Å². The molecule has 0 aromatic heterocycles. The highest BCUT2D eigenvalue weighted by Crippen LogP contribution is 2.48. The molecule has 3 aromatic rings. The van der Waals surface area contributed by atoms with E-state index < -0.39 is 35.2 Å². The van der Waals surface area contributed by atoms with E-state index in [1.54, 1.807) is 38.7 Å². The number of halogens is 3. The van der Waals surface area contributed by atoms with Crippen molar-refractivity contribution < 1.29 is 33.0 Å². The number of carboxylic acid groups (broad SMARTS) is 1. The Balaban J connectivity index is 1.77. The molecule has 9 heteroatoms. The SMILES string of the molecule is Cc1cc2c(c(-c3cc(F)c4c(c3C)CCCO4)c1[C@H](OC(C)(C)C)C(=O)O)CCN2C(=O)c1ccc(Cl)c(F)c1. The number of ether oxygens (including phenoxy) is 2. The normalized spacial score (nSPS) is 15.3. The quantitative estimate of drug-likeness (QED) is 0.339. The van der Waals surface area contributed by atoms with Crippen molar-refractivity contribution in [2.24, 2.45) is 0 Å². The lowest BCUT2D eigenvalue weighted by Gasteiger charge is -2.30. The Bertz CT molecular complexity index is 1580. The molecule has 1 N–H and O–H groups in total. The van der Waals surface area contributed by atoms with Crippen molar-refractivity contribution in [2.75, 3.05) is 18.1 Å². The molecule has 2 heterocycles. The summed E-state index contributed by atoms with van der Waals surface area (Å²) in [7, 11) is 0. The molecule has 41 heavy (non-hydrogen) atoms. The lowest BCUT2D eigenvalue weighted by atomic mass is 9.83. The highest BCUT2D eigenvalue weighted by atomic mass is 35.5. The number of carboxylic acids is 1. The molecule has 0 spiro atoms. The first-order valence-corrected chi connectivity index (χ1v) is 14.0. The van der Waals surface area contributed by atoms with Gasteiger partial charge in [0.15, 0.2) is 17.7 Å². The predicted octanol–water partition coefficient (Wildman–Crippen LogP) is 7.37. The van der Waals surface area contributed by atoms with Crippen LogP contribution in [-0.2, 0) is 22.4 Å². The van der Waals surface area contributed by atoms with Crippen LogP contribution in [0.5, 0.6) is 5.75 Å². The highest BCUT2D eigenvalue weighted by molar-refractivity contribution is 6.30. The number of nitrogens with zero attached hydrogens (tertiary/aromatic N) is 1. The summed E-state index contributed by atoms with van der Waals surface area (Å²) < 4.78 is 41.5. The maximum absolute atomic E-state index is 15.5. The Morgan fingerprint density at radius 2 is 1.80 bits per heavy atom. The molecule has 3 aromatic carbocycles. The van der Waals surface area contributed by atoms with Gasteiger partial charge in [-0.15, -0.1) is 0 Å². The largest absolute Gasteiger partial charge is 0.490 e. The third-order valence-electron chi connectivity index (χ3n) is 7.61. The Kier molecular flexibility index (Phi) is 7.59. The number of aliphatic carboxylic acids is 1. The molecule has 0 saturated carbocycles. The fourth-order valence-electron chi connectivity index (χ4n) is 5.84. The molecular formula is C32H32ClF2NO5. The van der Waals surface area contributed by atoms with E-state index in [-0.39, 0.29) is 22.9 Å². The number of amides is 1. The van der Waals surface area contributed by atoms with E-state index in [0.717, 1.165) is 23.6 Å². The number of rotatable bonds is 5. The van der Waals surface area contributed by atoms with E-state index in [1.807, 2.05) is 6.92 Å². The van der Waals surface area contributed by atoms with Gasteiger partial charge in [-0.25, -0.2) is 13.6 Å². The molecule has 0 unspecified atom stereocenters. The summed E-state index contributed by atoms with van der Waals surface area (Å²) in [6.45, 7) is 9.68. The number of hydrogen-bond donors (Lipinski definition) is 1. The van der Waals surface area contributed by atoms with Crippen LogP contribution in [0.4, 0.5) is 14.5 Å². The second kappa shape index (κ2) is 10.7. The average molecular weight is 584 g/mol. The van der Waals surface area contributed by atoms with Crippen LogP contribution in [-0.4, -0.2) is 35.7 Å². The third kappa shape index (κ3) is 5.31. The van der Waals surface area contributed by atoms with Crippen molar-refractivity contribution in [1.82, 2.24) is 0 Å². The summed E-state index contributed by atoms with van der Waals surface area (Å²) in [5.41, 5.74) is 4.22. The first-order chi connectivity index (χ1) is 19.3. The number of carbonyl (C=O) groups excluding carboxylic acids is 1. The van der Waals surface area contributed by atoms with Crippen LogP contribution in [0.2, 0.25) is 5.02 Å². The van der Waals surface area contributed by atoms with E-state index in [4.69, 9.17) is 21.1 Å². The molecule has 1 amide bonds. The number of carbonyl (C=O) groups is 2. The number of hydrogen-bond acceptors (Lipinski definition) is 4. The summed E-state index contributed by atoms with van der Waals surface area (Å²) >= 11 is 5.83. The van der Waals surface area contributed by atoms with Crippen LogP contribution in [0.3, 0.4) is 0 Å². The smallest absolute Gasteiger partial charge is 0.337 e. The minimum Gasteiger partial charge on any atom is -0.490 e. The molecule has 2 aliphatic rings. The molecule has 2 aliphatic heterocycles. The Morgan fingerprint density at radius 3 is 2.46 bits per heavy atom. The maximum Gasteiger partial charge on any atom is 0.337 e. The van der Waals surface area contributed by atoms with Crippen LogP contribution in [0, 0.1) is 25.5 Å². The maximum atomic E-state index is 15.5. The summed E-state index contributed by atoms with van der Waals surface area (Å²) in [5.74, 6) is -2.58. The van der Waals surface area contributed by atoms with Crippen molar-refractivity contribution >= 4 is 29.2 Å². The van der Waals surface area contributed by atoms with Gasteiger partial charge < -0.3 is 19.5 Å². The zero-order valence-electron chi connectivity index (χ0n) is 23.7. The van der Waals surface area contributed by atoms with Gasteiger partial charge in [0.25, 0.3) is 5.91 Å². The second-order valence-corrected chi connectivity index (χ2v) is 12.0. The molecule has 0 bridgehead atoms. The van der Waals surface area contributed by atoms with Crippen LogP contribution in [0.1, 0.15) is 71.5 Å². The van der Waals surface area contributed by atoms with E-state index in [1.165, 1.54) is 18.2 Å². The van der Waals surface area contributed by atoms with E-state index >= 15 is 4.39 Å². The minimum atomic E-state index is -1.35. The molecule has 0 fully saturated rings. The van der Waals surface area contributed by atoms with E-state index in [9.17, 15) is 19.1 Å². The predicted molar refractivity (Wildman–Crippen MR) is 153 cm³/mol. The van der Waals surface area contributed by atoms with Crippen molar-refractivity contribution in [3.8, 4) is 16.9 Å². The second-order valence-electron chi connectivity index (χ2n) is 11.6. The van der Waals surface area contributed by atoms with Crippen molar-refractivity contribution in [1.29, 1.82) is 0 Å². The summed E-state index contributed by atoms with van der Waals surface area (Å²) in [6, 6.07) is 7.07. The summed E-state index contributed by atoms with van der Waals surface area (Å²) in [6.07, 6.45) is 0.402. The number of fused-ring (bicyclic) bond motifs is 2. The highest BCUT2D eigenvalue weighted by Gasteiger charge is 2.37. The fourth-order valence-corrected chi connectivity index (χ4v) is 5.96. The van der Waals surface area contributed by atoms with Gasteiger partial charge in [-0.1, -0.05) is 11.6 Å². The Morgan fingerprint density at radius 1 is 1.07 bits per heavy atom. The lowest BCUT2D eigenvalue weighted by Crippen LogP contribution is -2.30.